The number of carbonyl (C=O) groups excluding carboxylic acids is 1. The van der Waals surface area contributed by atoms with Crippen molar-refractivity contribution in [2.45, 2.75) is 52.0 Å². The monoisotopic (exact) mass is 555 g/mol. The molecule has 0 aliphatic rings. The van der Waals surface area contributed by atoms with Crippen molar-refractivity contribution in [2.75, 3.05) is 11.9 Å². The molecule has 39 heavy (non-hydrogen) atoms. The first kappa shape index (κ1) is 30.0. The maximum atomic E-state index is 14.6. The van der Waals surface area contributed by atoms with Crippen LogP contribution in [0.5, 0.6) is 0 Å². The Hall–Kier alpha value is -3.56. The van der Waals surface area contributed by atoms with E-state index in [0.717, 1.165) is 12.1 Å². The van der Waals surface area contributed by atoms with Crippen molar-refractivity contribution in [1.29, 1.82) is 0 Å². The SMILES string of the molecule is CCOC(=O)C(CC(C)C)c1cc(-c2ccccc2)cc(NCc2ccc(F)cc2C(F)(F)F)c1C(F)(F)F. The molecule has 0 radical (unpaired) electrons. The van der Waals surface area contributed by atoms with Gasteiger partial charge in [0.2, 0.25) is 0 Å². The van der Waals surface area contributed by atoms with Crippen molar-refractivity contribution >= 4 is 11.7 Å². The molecular weight excluding hydrogens is 527 g/mol. The van der Waals surface area contributed by atoms with Crippen molar-refractivity contribution < 1.29 is 40.3 Å². The zero-order chi connectivity index (χ0) is 29.0. The Morgan fingerprint density at radius 3 is 2.13 bits per heavy atom. The summed E-state index contributed by atoms with van der Waals surface area (Å²) in [4.78, 5) is 12.9. The highest BCUT2D eigenvalue weighted by Gasteiger charge is 2.41. The Balaban J connectivity index is 2.25. The summed E-state index contributed by atoms with van der Waals surface area (Å²) in [6.45, 7) is 4.34. The highest BCUT2D eigenvalue weighted by Crippen LogP contribution is 2.45. The number of hydrogen-bond donors (Lipinski definition) is 1. The number of benzene rings is 3. The van der Waals surface area contributed by atoms with E-state index < -0.39 is 59.0 Å². The summed E-state index contributed by atoms with van der Waals surface area (Å²) in [5.41, 5.74) is -2.88. The number of carbonyl (C=O) groups is 1. The Morgan fingerprint density at radius 2 is 1.56 bits per heavy atom. The molecular formula is C29H28F7NO2. The van der Waals surface area contributed by atoms with Crippen LogP contribution in [-0.4, -0.2) is 12.6 Å². The zero-order valence-electron chi connectivity index (χ0n) is 21.5. The first-order valence-corrected chi connectivity index (χ1v) is 12.3. The molecule has 0 fully saturated rings. The van der Waals surface area contributed by atoms with E-state index in [-0.39, 0.29) is 24.5 Å². The second-order valence-electron chi connectivity index (χ2n) is 9.44. The van der Waals surface area contributed by atoms with Crippen LogP contribution in [0.2, 0.25) is 0 Å². The molecule has 0 saturated carbocycles. The van der Waals surface area contributed by atoms with Crippen LogP contribution in [-0.2, 0) is 28.4 Å². The Kier molecular flexibility index (Phi) is 9.30. The minimum Gasteiger partial charge on any atom is -0.466 e. The van der Waals surface area contributed by atoms with Crippen molar-refractivity contribution in [3.8, 4) is 11.1 Å². The van der Waals surface area contributed by atoms with Gasteiger partial charge in [-0.3, -0.25) is 4.79 Å². The smallest absolute Gasteiger partial charge is 0.418 e. The van der Waals surface area contributed by atoms with E-state index in [1.54, 1.807) is 51.1 Å². The highest BCUT2D eigenvalue weighted by molar-refractivity contribution is 5.82. The predicted octanol–water partition coefficient (Wildman–Crippen LogP) is 8.84. The average Bonchev–Trinajstić information content (AvgIpc) is 2.85. The average molecular weight is 556 g/mol. The van der Waals surface area contributed by atoms with Gasteiger partial charge in [0.1, 0.15) is 5.82 Å². The van der Waals surface area contributed by atoms with E-state index >= 15 is 0 Å². The third-order valence-corrected chi connectivity index (χ3v) is 6.06. The van der Waals surface area contributed by atoms with Crippen LogP contribution in [0, 0.1) is 11.7 Å². The lowest BCUT2D eigenvalue weighted by molar-refractivity contribution is -0.146. The summed E-state index contributed by atoms with van der Waals surface area (Å²) < 4.78 is 103. The normalized spacial score (nSPS) is 12.9. The quantitative estimate of drug-likeness (QED) is 0.212. The number of alkyl halides is 6. The summed E-state index contributed by atoms with van der Waals surface area (Å²) in [5.74, 6) is -3.40. The number of ether oxygens (including phenoxy) is 1. The number of esters is 1. The lowest BCUT2D eigenvalue weighted by Crippen LogP contribution is -2.23. The lowest BCUT2D eigenvalue weighted by atomic mass is 9.84. The molecule has 0 saturated heterocycles. The Bertz CT molecular complexity index is 1290. The van der Waals surface area contributed by atoms with Gasteiger partial charge in [-0.05, 0) is 65.8 Å². The summed E-state index contributed by atoms with van der Waals surface area (Å²) in [7, 11) is 0. The Labute approximate surface area is 222 Å². The first-order chi connectivity index (χ1) is 18.2. The molecule has 0 bridgehead atoms. The van der Waals surface area contributed by atoms with Crippen molar-refractivity contribution in [3.05, 3.63) is 88.7 Å². The van der Waals surface area contributed by atoms with Crippen LogP contribution in [0.1, 0.15) is 55.4 Å². The number of halogens is 7. The molecule has 3 nitrogen and oxygen atoms in total. The fourth-order valence-electron chi connectivity index (χ4n) is 4.41. The highest BCUT2D eigenvalue weighted by atomic mass is 19.4. The van der Waals surface area contributed by atoms with Gasteiger partial charge in [-0.15, -0.1) is 0 Å². The molecule has 3 aromatic carbocycles. The van der Waals surface area contributed by atoms with E-state index in [9.17, 15) is 35.5 Å². The summed E-state index contributed by atoms with van der Waals surface area (Å²) in [6, 6.07) is 12.9. The molecule has 3 aromatic rings. The van der Waals surface area contributed by atoms with Gasteiger partial charge in [-0.1, -0.05) is 50.2 Å². The second-order valence-corrected chi connectivity index (χ2v) is 9.44. The van der Waals surface area contributed by atoms with Gasteiger partial charge in [-0.2, -0.15) is 26.3 Å². The molecule has 0 aliphatic heterocycles. The van der Waals surface area contributed by atoms with Crippen molar-refractivity contribution in [2.24, 2.45) is 5.92 Å². The summed E-state index contributed by atoms with van der Waals surface area (Å²) >= 11 is 0. The van der Waals surface area contributed by atoms with Gasteiger partial charge in [0.15, 0.2) is 0 Å². The van der Waals surface area contributed by atoms with Gasteiger partial charge in [0.25, 0.3) is 0 Å². The maximum Gasteiger partial charge on any atom is 0.418 e. The van der Waals surface area contributed by atoms with Crippen LogP contribution in [0.15, 0.2) is 60.7 Å². The minimum absolute atomic E-state index is 0.0386. The fraction of sp³-hybridized carbons (Fsp3) is 0.345. The third-order valence-electron chi connectivity index (χ3n) is 6.06. The van der Waals surface area contributed by atoms with E-state index in [4.69, 9.17) is 4.74 Å². The summed E-state index contributed by atoms with van der Waals surface area (Å²) in [5, 5.41) is 2.50. The molecule has 210 valence electrons. The second kappa shape index (κ2) is 12.1. The van der Waals surface area contributed by atoms with Crippen molar-refractivity contribution in [3.63, 3.8) is 0 Å². The fourth-order valence-corrected chi connectivity index (χ4v) is 4.41. The minimum atomic E-state index is -4.97. The summed E-state index contributed by atoms with van der Waals surface area (Å²) in [6.07, 6.45) is -9.84. The number of rotatable bonds is 9. The van der Waals surface area contributed by atoms with Gasteiger partial charge >= 0.3 is 18.3 Å². The Morgan fingerprint density at radius 1 is 0.897 bits per heavy atom. The van der Waals surface area contributed by atoms with Gasteiger partial charge in [0.05, 0.1) is 23.7 Å². The van der Waals surface area contributed by atoms with E-state index in [1.165, 1.54) is 12.1 Å². The van der Waals surface area contributed by atoms with E-state index in [2.05, 4.69) is 5.32 Å². The van der Waals surface area contributed by atoms with E-state index in [1.807, 2.05) is 0 Å². The standard InChI is InChI=1S/C29H28F7NO2/c1-4-39-27(38)23(12-17(2)3)22-13-20(18-8-6-5-7-9-18)14-25(26(22)29(34,35)36)37-16-19-10-11-21(30)15-24(19)28(31,32)33/h5-11,13-15,17,23,37H,4,12,16H2,1-3H3. The van der Waals surface area contributed by atoms with Crippen LogP contribution < -0.4 is 5.32 Å². The van der Waals surface area contributed by atoms with Gasteiger partial charge in [-0.25, -0.2) is 4.39 Å². The van der Waals surface area contributed by atoms with Gasteiger partial charge < -0.3 is 10.1 Å². The molecule has 3 rings (SSSR count). The molecule has 1 unspecified atom stereocenters. The lowest BCUT2D eigenvalue weighted by Gasteiger charge is -2.26. The maximum absolute atomic E-state index is 14.6. The van der Waals surface area contributed by atoms with Crippen LogP contribution in [0.4, 0.5) is 36.4 Å². The first-order valence-electron chi connectivity index (χ1n) is 12.3. The zero-order valence-corrected chi connectivity index (χ0v) is 21.5. The number of hydrogen-bond acceptors (Lipinski definition) is 3. The topological polar surface area (TPSA) is 38.3 Å². The van der Waals surface area contributed by atoms with Crippen LogP contribution in [0.3, 0.4) is 0 Å². The van der Waals surface area contributed by atoms with Crippen molar-refractivity contribution in [1.82, 2.24) is 0 Å². The molecule has 0 aliphatic carbocycles. The number of anilines is 1. The molecule has 1 N–H and O–H groups in total. The molecule has 0 aromatic heterocycles. The molecule has 10 heteroatoms. The number of nitrogens with one attached hydrogen (secondary N) is 1. The largest absolute Gasteiger partial charge is 0.466 e. The van der Waals surface area contributed by atoms with Crippen LogP contribution >= 0.6 is 0 Å². The van der Waals surface area contributed by atoms with Crippen LogP contribution in [0.25, 0.3) is 11.1 Å². The molecule has 1 atom stereocenters. The third kappa shape index (κ3) is 7.52. The predicted molar refractivity (Wildman–Crippen MR) is 134 cm³/mol. The molecule has 0 heterocycles. The van der Waals surface area contributed by atoms with E-state index in [0.29, 0.717) is 17.2 Å². The van der Waals surface area contributed by atoms with Gasteiger partial charge in [0, 0.05) is 12.2 Å². The molecule has 0 amide bonds. The molecule has 0 spiro atoms.